The first-order valence-corrected chi connectivity index (χ1v) is 4.43. The zero-order valence-corrected chi connectivity index (χ0v) is 9.44. The van der Waals surface area contributed by atoms with E-state index in [9.17, 15) is 15.0 Å². The quantitative estimate of drug-likeness (QED) is 0.635. The molecule has 0 spiro atoms. The highest BCUT2D eigenvalue weighted by molar-refractivity contribution is 5.90. The van der Waals surface area contributed by atoms with Crippen LogP contribution in [0.25, 0.3) is 0 Å². The van der Waals surface area contributed by atoms with E-state index >= 15 is 0 Å². The number of hydrogen-bond acceptors (Lipinski definition) is 4. The lowest BCUT2D eigenvalue weighted by Crippen LogP contribution is -2.23. The van der Waals surface area contributed by atoms with Crippen LogP contribution in [0, 0.1) is 0 Å². The van der Waals surface area contributed by atoms with Gasteiger partial charge in [-0.05, 0) is 24.6 Å². The third kappa shape index (κ3) is 3.10. The summed E-state index contributed by atoms with van der Waals surface area (Å²) in [6.45, 7) is 1.51. The Labute approximate surface area is 98.9 Å². The van der Waals surface area contributed by atoms with Gasteiger partial charge in [-0.1, -0.05) is 6.07 Å². The molecule has 16 heavy (non-hydrogen) atoms. The second-order valence-corrected chi connectivity index (χ2v) is 3.35. The predicted molar refractivity (Wildman–Crippen MR) is 60.9 cm³/mol. The lowest BCUT2D eigenvalue weighted by molar-refractivity contribution is 0.0693. The third-order valence-corrected chi connectivity index (χ3v) is 2.16. The Morgan fingerprint density at radius 3 is 2.44 bits per heavy atom. The number of phenols is 1. The number of carboxylic acid groups (broad SMARTS) is 1. The van der Waals surface area contributed by atoms with Gasteiger partial charge in [0.15, 0.2) is 0 Å². The number of aromatic hydroxyl groups is 1. The number of carboxylic acids is 1. The molecule has 0 heterocycles. The molecule has 1 aromatic carbocycles. The van der Waals surface area contributed by atoms with Gasteiger partial charge in [-0.25, -0.2) is 4.79 Å². The maximum atomic E-state index is 10.7. The van der Waals surface area contributed by atoms with Gasteiger partial charge in [0.2, 0.25) is 0 Å². The number of nitrogens with two attached hydrogens (primary N) is 1. The summed E-state index contributed by atoms with van der Waals surface area (Å²) in [5.74, 6) is -1.55. The number of rotatable bonds is 3. The minimum absolute atomic E-state index is 0. The molecule has 0 amide bonds. The standard InChI is InChI=1S/C10H13NO4.ClH/c1-5(12)9(11)6-2-3-8(13)7(4-6)10(14)15;/h2-5,9,12-13H,11H2,1H3,(H,14,15);1H/t5-,9-;/m0./s1. The van der Waals surface area contributed by atoms with E-state index in [4.69, 9.17) is 10.8 Å². The molecule has 5 N–H and O–H groups in total. The molecule has 0 unspecified atom stereocenters. The molecule has 90 valence electrons. The van der Waals surface area contributed by atoms with Gasteiger partial charge in [-0.2, -0.15) is 0 Å². The van der Waals surface area contributed by atoms with E-state index in [1.54, 1.807) is 0 Å². The molecule has 0 bridgehead atoms. The van der Waals surface area contributed by atoms with E-state index in [0.29, 0.717) is 5.56 Å². The van der Waals surface area contributed by atoms with Crippen LogP contribution in [0.5, 0.6) is 5.75 Å². The van der Waals surface area contributed by atoms with Gasteiger partial charge in [0.25, 0.3) is 0 Å². The molecule has 5 nitrogen and oxygen atoms in total. The maximum Gasteiger partial charge on any atom is 0.339 e. The van der Waals surface area contributed by atoms with Crippen molar-refractivity contribution in [3.63, 3.8) is 0 Å². The summed E-state index contributed by atoms with van der Waals surface area (Å²) in [5, 5.41) is 27.2. The van der Waals surface area contributed by atoms with Crippen molar-refractivity contribution < 1.29 is 20.1 Å². The van der Waals surface area contributed by atoms with Crippen molar-refractivity contribution in [1.82, 2.24) is 0 Å². The zero-order valence-electron chi connectivity index (χ0n) is 8.62. The Hall–Kier alpha value is -1.30. The monoisotopic (exact) mass is 247 g/mol. The van der Waals surface area contributed by atoms with Crippen LogP contribution in [0.2, 0.25) is 0 Å². The SMILES string of the molecule is C[C@H](O)[C@H](N)c1ccc(O)c(C(=O)O)c1.Cl. The number of aliphatic hydroxyl groups excluding tert-OH is 1. The molecule has 0 aromatic heterocycles. The average Bonchev–Trinajstić information content (AvgIpc) is 2.16. The highest BCUT2D eigenvalue weighted by Crippen LogP contribution is 2.22. The van der Waals surface area contributed by atoms with Crippen LogP contribution in [0.15, 0.2) is 18.2 Å². The van der Waals surface area contributed by atoms with E-state index in [2.05, 4.69) is 0 Å². The van der Waals surface area contributed by atoms with E-state index in [-0.39, 0.29) is 23.7 Å². The molecule has 0 fully saturated rings. The van der Waals surface area contributed by atoms with Gasteiger partial charge in [0, 0.05) is 0 Å². The van der Waals surface area contributed by atoms with Crippen molar-refractivity contribution >= 4 is 18.4 Å². The van der Waals surface area contributed by atoms with Gasteiger partial charge >= 0.3 is 5.97 Å². The largest absolute Gasteiger partial charge is 0.507 e. The van der Waals surface area contributed by atoms with E-state index in [0.717, 1.165) is 0 Å². The second-order valence-electron chi connectivity index (χ2n) is 3.35. The topological polar surface area (TPSA) is 104 Å². The number of halogens is 1. The summed E-state index contributed by atoms with van der Waals surface area (Å²) in [6.07, 6.45) is -0.781. The Kier molecular flexibility index (Phi) is 5.23. The fourth-order valence-corrected chi connectivity index (χ4v) is 1.21. The highest BCUT2D eigenvalue weighted by Gasteiger charge is 2.16. The van der Waals surface area contributed by atoms with Crippen LogP contribution in [0.4, 0.5) is 0 Å². The molecule has 0 radical (unpaired) electrons. The summed E-state index contributed by atoms with van der Waals surface area (Å²) in [7, 11) is 0. The number of carbonyl (C=O) groups is 1. The fourth-order valence-electron chi connectivity index (χ4n) is 1.21. The normalized spacial score (nSPS) is 13.7. The minimum atomic E-state index is -1.23. The van der Waals surface area contributed by atoms with E-state index in [1.165, 1.54) is 25.1 Å². The molecule has 2 atom stereocenters. The summed E-state index contributed by atoms with van der Waals surface area (Å²) in [4.78, 5) is 10.7. The summed E-state index contributed by atoms with van der Waals surface area (Å²) in [5.41, 5.74) is 5.89. The molecule has 1 rings (SSSR count). The van der Waals surface area contributed by atoms with Crippen molar-refractivity contribution in [2.45, 2.75) is 19.1 Å². The van der Waals surface area contributed by atoms with Crippen LogP contribution in [0.3, 0.4) is 0 Å². The Balaban J connectivity index is 0.00000225. The summed E-state index contributed by atoms with van der Waals surface area (Å²) >= 11 is 0. The van der Waals surface area contributed by atoms with Crippen LogP contribution in [0.1, 0.15) is 28.9 Å². The van der Waals surface area contributed by atoms with Gasteiger partial charge in [0.05, 0.1) is 12.1 Å². The molecular weight excluding hydrogens is 234 g/mol. The highest BCUT2D eigenvalue weighted by atomic mass is 35.5. The van der Waals surface area contributed by atoms with Crippen LogP contribution >= 0.6 is 12.4 Å². The Morgan fingerprint density at radius 2 is 2.00 bits per heavy atom. The van der Waals surface area contributed by atoms with Gasteiger partial charge < -0.3 is 21.1 Å². The van der Waals surface area contributed by atoms with Gasteiger partial charge in [-0.15, -0.1) is 12.4 Å². The second kappa shape index (κ2) is 5.69. The number of aliphatic hydroxyl groups is 1. The average molecular weight is 248 g/mol. The molecule has 0 aliphatic rings. The Bertz CT molecular complexity index is 381. The predicted octanol–water partition coefficient (Wildman–Crippen LogP) is 0.893. The molecule has 0 aliphatic heterocycles. The van der Waals surface area contributed by atoms with Crippen LogP contribution < -0.4 is 5.73 Å². The molecular formula is C10H14ClNO4. The number of benzene rings is 1. The molecule has 6 heteroatoms. The molecule has 1 aromatic rings. The zero-order chi connectivity index (χ0) is 11.6. The van der Waals surface area contributed by atoms with Gasteiger partial charge in [-0.3, -0.25) is 0 Å². The molecule has 0 aliphatic carbocycles. The van der Waals surface area contributed by atoms with Crippen molar-refractivity contribution in [2.75, 3.05) is 0 Å². The summed E-state index contributed by atoms with van der Waals surface area (Å²) < 4.78 is 0. The van der Waals surface area contributed by atoms with E-state index < -0.39 is 18.1 Å². The third-order valence-electron chi connectivity index (χ3n) is 2.16. The first kappa shape index (κ1) is 14.7. The van der Waals surface area contributed by atoms with Crippen molar-refractivity contribution in [2.24, 2.45) is 5.73 Å². The molecule has 0 saturated carbocycles. The van der Waals surface area contributed by atoms with E-state index in [1.807, 2.05) is 0 Å². The summed E-state index contributed by atoms with van der Waals surface area (Å²) in [6, 6.07) is 3.33. The first-order valence-electron chi connectivity index (χ1n) is 4.43. The lowest BCUT2D eigenvalue weighted by Gasteiger charge is -2.15. The number of hydrogen-bond donors (Lipinski definition) is 4. The van der Waals surface area contributed by atoms with Crippen molar-refractivity contribution in [3.05, 3.63) is 29.3 Å². The molecule has 0 saturated heterocycles. The van der Waals surface area contributed by atoms with Gasteiger partial charge in [0.1, 0.15) is 11.3 Å². The van der Waals surface area contributed by atoms with Crippen LogP contribution in [-0.2, 0) is 0 Å². The number of aromatic carboxylic acids is 1. The van der Waals surface area contributed by atoms with Crippen molar-refractivity contribution in [3.8, 4) is 5.75 Å². The van der Waals surface area contributed by atoms with Crippen molar-refractivity contribution in [1.29, 1.82) is 0 Å². The minimum Gasteiger partial charge on any atom is -0.507 e. The lowest BCUT2D eigenvalue weighted by atomic mass is 10.0. The first-order chi connectivity index (χ1) is 6.93. The fraction of sp³-hybridized carbons (Fsp3) is 0.300. The maximum absolute atomic E-state index is 10.7. The smallest absolute Gasteiger partial charge is 0.339 e. The Morgan fingerprint density at radius 1 is 1.44 bits per heavy atom. The van der Waals surface area contributed by atoms with Crippen LogP contribution in [-0.4, -0.2) is 27.4 Å².